The summed E-state index contributed by atoms with van der Waals surface area (Å²) in [6, 6.07) is 8.77. The van der Waals surface area contributed by atoms with E-state index < -0.39 is 0 Å². The second kappa shape index (κ2) is 5.02. The number of pyridine rings is 1. The third-order valence-corrected chi connectivity index (χ3v) is 3.34. The number of aryl methyl sites for hydroxylation is 1. The van der Waals surface area contributed by atoms with Crippen molar-refractivity contribution in [2.75, 3.05) is 0 Å². The molecule has 0 amide bonds. The number of nitrogens with two attached hydrogens (primary N) is 1. The Morgan fingerprint density at radius 3 is 2.75 bits per heavy atom. The van der Waals surface area contributed by atoms with E-state index >= 15 is 0 Å². The first-order valence-electron chi connectivity index (χ1n) is 6.54. The predicted octanol–water partition coefficient (Wildman–Crippen LogP) is 2.72. The van der Waals surface area contributed by atoms with E-state index in [1.165, 1.54) is 6.07 Å². The predicted molar refractivity (Wildman–Crippen MR) is 76.5 cm³/mol. The van der Waals surface area contributed by atoms with Crippen LogP contribution in [0.4, 0.5) is 4.39 Å². The van der Waals surface area contributed by atoms with E-state index in [0.717, 1.165) is 16.8 Å². The highest BCUT2D eigenvalue weighted by Gasteiger charge is 2.14. The summed E-state index contributed by atoms with van der Waals surface area (Å²) in [5.74, 6) is 0.366. The first kappa shape index (κ1) is 12.7. The standard InChI is InChI=1S/C15H15FN4/c1-2-20-13-5-3-4-11(16)14(13)19-15(20)12-7-6-10(8-17)9-18-12/h3-7,9H,2,8,17H2,1H3. The molecule has 3 aromatic rings. The Bertz CT molecular complexity index is 746. The largest absolute Gasteiger partial charge is 0.326 e. The van der Waals surface area contributed by atoms with Crippen molar-refractivity contribution in [3.05, 3.63) is 47.9 Å². The molecule has 2 N–H and O–H groups in total. The average molecular weight is 270 g/mol. The van der Waals surface area contributed by atoms with Crippen molar-refractivity contribution in [1.82, 2.24) is 14.5 Å². The van der Waals surface area contributed by atoms with Crippen LogP contribution in [0.1, 0.15) is 12.5 Å². The molecule has 2 heterocycles. The lowest BCUT2D eigenvalue weighted by Gasteiger charge is -2.05. The molecule has 3 rings (SSSR count). The van der Waals surface area contributed by atoms with Crippen LogP contribution < -0.4 is 5.73 Å². The number of para-hydroxylation sites is 1. The third-order valence-electron chi connectivity index (χ3n) is 3.34. The van der Waals surface area contributed by atoms with Gasteiger partial charge in [-0.3, -0.25) is 4.98 Å². The number of halogens is 1. The van der Waals surface area contributed by atoms with E-state index in [4.69, 9.17) is 5.73 Å². The van der Waals surface area contributed by atoms with Gasteiger partial charge in [0.25, 0.3) is 0 Å². The van der Waals surface area contributed by atoms with Crippen molar-refractivity contribution in [1.29, 1.82) is 0 Å². The van der Waals surface area contributed by atoms with E-state index in [0.29, 0.717) is 24.4 Å². The maximum Gasteiger partial charge on any atom is 0.159 e. The molecule has 0 atom stereocenters. The van der Waals surface area contributed by atoms with Crippen LogP contribution in [0.5, 0.6) is 0 Å². The quantitative estimate of drug-likeness (QED) is 0.796. The van der Waals surface area contributed by atoms with Gasteiger partial charge in [-0.25, -0.2) is 9.37 Å². The molecule has 102 valence electrons. The fourth-order valence-corrected chi connectivity index (χ4v) is 2.31. The first-order valence-corrected chi connectivity index (χ1v) is 6.54. The zero-order valence-corrected chi connectivity index (χ0v) is 11.2. The van der Waals surface area contributed by atoms with Crippen molar-refractivity contribution in [2.24, 2.45) is 5.73 Å². The van der Waals surface area contributed by atoms with E-state index in [-0.39, 0.29) is 5.82 Å². The highest BCUT2D eigenvalue weighted by molar-refractivity contribution is 5.80. The minimum atomic E-state index is -0.311. The normalized spacial score (nSPS) is 11.2. The van der Waals surface area contributed by atoms with Gasteiger partial charge in [0, 0.05) is 19.3 Å². The van der Waals surface area contributed by atoms with E-state index in [1.807, 2.05) is 29.7 Å². The van der Waals surface area contributed by atoms with Gasteiger partial charge in [0.1, 0.15) is 11.2 Å². The lowest BCUT2D eigenvalue weighted by atomic mass is 10.2. The van der Waals surface area contributed by atoms with Crippen LogP contribution >= 0.6 is 0 Å². The summed E-state index contributed by atoms with van der Waals surface area (Å²) in [6.07, 6.45) is 1.73. The molecule has 0 saturated carbocycles. The molecule has 0 radical (unpaired) electrons. The summed E-state index contributed by atoms with van der Waals surface area (Å²) in [7, 11) is 0. The Balaban J connectivity index is 2.21. The molecule has 0 fully saturated rings. The number of benzene rings is 1. The zero-order chi connectivity index (χ0) is 14.1. The molecular weight excluding hydrogens is 255 g/mol. The van der Waals surface area contributed by atoms with Crippen LogP contribution in [0.2, 0.25) is 0 Å². The van der Waals surface area contributed by atoms with E-state index in [1.54, 1.807) is 12.3 Å². The van der Waals surface area contributed by atoms with Crippen LogP contribution in [0.15, 0.2) is 36.5 Å². The number of rotatable bonds is 3. The Labute approximate surface area is 116 Å². The van der Waals surface area contributed by atoms with Gasteiger partial charge in [0.2, 0.25) is 0 Å². The zero-order valence-electron chi connectivity index (χ0n) is 11.2. The summed E-state index contributed by atoms with van der Waals surface area (Å²) in [4.78, 5) is 8.77. The smallest absolute Gasteiger partial charge is 0.159 e. The maximum absolute atomic E-state index is 13.8. The van der Waals surface area contributed by atoms with Crippen LogP contribution in [-0.4, -0.2) is 14.5 Å². The Kier molecular flexibility index (Phi) is 3.20. The third kappa shape index (κ3) is 1.96. The van der Waals surface area contributed by atoms with Crippen molar-refractivity contribution in [3.63, 3.8) is 0 Å². The summed E-state index contributed by atoms with van der Waals surface area (Å²) in [5.41, 5.74) is 8.41. The maximum atomic E-state index is 13.8. The number of hydrogen-bond donors (Lipinski definition) is 1. The highest BCUT2D eigenvalue weighted by Crippen LogP contribution is 2.25. The second-order valence-corrected chi connectivity index (χ2v) is 4.54. The Hall–Kier alpha value is -2.27. The van der Waals surface area contributed by atoms with Crippen molar-refractivity contribution in [3.8, 4) is 11.5 Å². The summed E-state index contributed by atoms with van der Waals surface area (Å²) in [5, 5.41) is 0. The van der Waals surface area contributed by atoms with Crippen LogP contribution in [0.3, 0.4) is 0 Å². The summed E-state index contributed by atoms with van der Waals surface area (Å²) >= 11 is 0. The molecule has 0 spiro atoms. The average Bonchev–Trinajstić information content (AvgIpc) is 2.87. The number of hydrogen-bond acceptors (Lipinski definition) is 3. The Morgan fingerprint density at radius 2 is 2.10 bits per heavy atom. The van der Waals surface area contributed by atoms with Gasteiger partial charge < -0.3 is 10.3 Å². The summed E-state index contributed by atoms with van der Waals surface area (Å²) in [6.45, 7) is 3.16. The molecule has 5 heteroatoms. The molecular formula is C15H15FN4. The molecule has 0 aliphatic carbocycles. The van der Waals surface area contributed by atoms with Crippen molar-refractivity contribution < 1.29 is 4.39 Å². The van der Waals surface area contributed by atoms with E-state index in [9.17, 15) is 4.39 Å². The van der Waals surface area contributed by atoms with Crippen LogP contribution in [0, 0.1) is 5.82 Å². The number of fused-ring (bicyclic) bond motifs is 1. The molecule has 0 unspecified atom stereocenters. The first-order chi connectivity index (χ1) is 9.74. The molecule has 0 aliphatic rings. The van der Waals surface area contributed by atoms with Gasteiger partial charge in [-0.15, -0.1) is 0 Å². The molecule has 1 aromatic carbocycles. The fraction of sp³-hybridized carbons (Fsp3) is 0.200. The van der Waals surface area contributed by atoms with Crippen LogP contribution in [-0.2, 0) is 13.1 Å². The minimum absolute atomic E-state index is 0.311. The van der Waals surface area contributed by atoms with Gasteiger partial charge in [-0.1, -0.05) is 12.1 Å². The second-order valence-electron chi connectivity index (χ2n) is 4.54. The lowest BCUT2D eigenvalue weighted by Crippen LogP contribution is -2.01. The SMILES string of the molecule is CCn1c(-c2ccc(CN)cn2)nc2c(F)cccc21. The molecule has 0 aliphatic heterocycles. The molecule has 0 saturated heterocycles. The topological polar surface area (TPSA) is 56.7 Å². The monoisotopic (exact) mass is 270 g/mol. The minimum Gasteiger partial charge on any atom is -0.326 e. The lowest BCUT2D eigenvalue weighted by molar-refractivity contribution is 0.637. The van der Waals surface area contributed by atoms with E-state index in [2.05, 4.69) is 9.97 Å². The molecule has 2 aromatic heterocycles. The fourth-order valence-electron chi connectivity index (χ4n) is 2.31. The molecule has 0 bridgehead atoms. The van der Waals surface area contributed by atoms with Gasteiger partial charge in [0.05, 0.1) is 5.52 Å². The summed E-state index contributed by atoms with van der Waals surface area (Å²) < 4.78 is 15.8. The van der Waals surface area contributed by atoms with Crippen LogP contribution in [0.25, 0.3) is 22.6 Å². The molecule has 4 nitrogen and oxygen atoms in total. The van der Waals surface area contributed by atoms with Gasteiger partial charge in [0.15, 0.2) is 11.6 Å². The van der Waals surface area contributed by atoms with Crippen molar-refractivity contribution in [2.45, 2.75) is 20.0 Å². The number of imidazole rings is 1. The van der Waals surface area contributed by atoms with Gasteiger partial charge >= 0.3 is 0 Å². The number of aromatic nitrogens is 3. The Morgan fingerprint density at radius 1 is 1.25 bits per heavy atom. The molecule has 20 heavy (non-hydrogen) atoms. The van der Waals surface area contributed by atoms with Gasteiger partial charge in [-0.05, 0) is 30.7 Å². The van der Waals surface area contributed by atoms with Crippen molar-refractivity contribution >= 4 is 11.0 Å². The van der Waals surface area contributed by atoms with Gasteiger partial charge in [-0.2, -0.15) is 0 Å². The highest BCUT2D eigenvalue weighted by atomic mass is 19.1. The number of nitrogens with zero attached hydrogens (tertiary/aromatic N) is 3.